The molecule has 2 N–H and O–H groups in total. The summed E-state index contributed by atoms with van der Waals surface area (Å²) in [7, 11) is 0. The Kier molecular flexibility index (Phi) is 2.38. The number of hydrogen-bond donors (Lipinski definition) is 1. The van der Waals surface area contributed by atoms with Crippen LogP contribution < -0.4 is 5.73 Å². The molecule has 1 aromatic carbocycles. The summed E-state index contributed by atoms with van der Waals surface area (Å²) < 4.78 is 0. The van der Waals surface area contributed by atoms with Gasteiger partial charge in [0.25, 0.3) is 0 Å². The van der Waals surface area contributed by atoms with E-state index in [1.54, 1.807) is 0 Å². The van der Waals surface area contributed by atoms with Gasteiger partial charge in [0.05, 0.1) is 0 Å². The fourth-order valence-electron chi connectivity index (χ4n) is 3.08. The average molecular weight is 203 g/mol. The van der Waals surface area contributed by atoms with E-state index in [-0.39, 0.29) is 0 Å². The molecule has 0 amide bonds. The fraction of sp³-hybridized carbons (Fsp3) is 0.571. The summed E-state index contributed by atoms with van der Waals surface area (Å²) in [6, 6.07) is 6.57. The Morgan fingerprint density at radius 3 is 2.13 bits per heavy atom. The zero-order chi connectivity index (χ0) is 11.2. The van der Waals surface area contributed by atoms with E-state index < -0.39 is 0 Å². The molecule has 1 aromatic rings. The van der Waals surface area contributed by atoms with Crippen molar-refractivity contribution < 1.29 is 0 Å². The second kappa shape index (κ2) is 3.34. The normalized spacial score (nSPS) is 27.8. The summed E-state index contributed by atoms with van der Waals surface area (Å²) in [4.78, 5) is 0. The SMILES string of the molecule is Cc1cccc(C)c1C1C(CN)C1(C)C. The monoisotopic (exact) mass is 203 g/mol. The van der Waals surface area contributed by atoms with Gasteiger partial charge in [0.15, 0.2) is 0 Å². The summed E-state index contributed by atoms with van der Waals surface area (Å²) in [5, 5.41) is 0. The van der Waals surface area contributed by atoms with E-state index in [1.807, 2.05) is 0 Å². The van der Waals surface area contributed by atoms with Crippen molar-refractivity contribution in [3.8, 4) is 0 Å². The quantitative estimate of drug-likeness (QED) is 0.785. The van der Waals surface area contributed by atoms with Gasteiger partial charge in [-0.05, 0) is 54.3 Å². The molecule has 2 rings (SSSR count). The molecule has 2 unspecified atom stereocenters. The van der Waals surface area contributed by atoms with Gasteiger partial charge in [-0.15, -0.1) is 0 Å². The Hall–Kier alpha value is -0.820. The van der Waals surface area contributed by atoms with Crippen LogP contribution >= 0.6 is 0 Å². The van der Waals surface area contributed by atoms with Crippen molar-refractivity contribution >= 4 is 0 Å². The van der Waals surface area contributed by atoms with Crippen LogP contribution in [0.5, 0.6) is 0 Å². The van der Waals surface area contributed by atoms with Gasteiger partial charge in [0, 0.05) is 0 Å². The molecule has 1 fully saturated rings. The zero-order valence-corrected chi connectivity index (χ0v) is 10.2. The van der Waals surface area contributed by atoms with E-state index in [0.717, 1.165) is 6.54 Å². The first kappa shape index (κ1) is 10.7. The van der Waals surface area contributed by atoms with E-state index in [0.29, 0.717) is 17.3 Å². The first-order chi connectivity index (χ1) is 7.00. The average Bonchev–Trinajstić information content (AvgIpc) is 2.68. The molecule has 1 nitrogen and oxygen atoms in total. The molecule has 0 saturated heterocycles. The number of rotatable bonds is 2. The lowest BCUT2D eigenvalue weighted by Crippen LogP contribution is -2.05. The number of aryl methyl sites for hydroxylation is 2. The van der Waals surface area contributed by atoms with E-state index in [4.69, 9.17) is 5.73 Å². The first-order valence-corrected chi connectivity index (χ1v) is 5.76. The zero-order valence-electron chi connectivity index (χ0n) is 10.2. The lowest BCUT2D eigenvalue weighted by Gasteiger charge is -2.10. The molecule has 1 aliphatic rings. The lowest BCUT2D eigenvalue weighted by atomic mass is 9.94. The van der Waals surface area contributed by atoms with Crippen LogP contribution in [-0.4, -0.2) is 6.54 Å². The highest BCUT2D eigenvalue weighted by Gasteiger charge is 2.57. The van der Waals surface area contributed by atoms with Gasteiger partial charge in [0.1, 0.15) is 0 Å². The molecule has 15 heavy (non-hydrogen) atoms. The number of benzene rings is 1. The summed E-state index contributed by atoms with van der Waals surface area (Å²) >= 11 is 0. The topological polar surface area (TPSA) is 26.0 Å². The third kappa shape index (κ3) is 1.50. The predicted octanol–water partition coefficient (Wildman–Crippen LogP) is 3.00. The predicted molar refractivity (Wildman–Crippen MR) is 65.0 cm³/mol. The molecule has 2 atom stereocenters. The molecule has 0 aromatic heterocycles. The summed E-state index contributed by atoms with van der Waals surface area (Å²) in [6.07, 6.45) is 0. The van der Waals surface area contributed by atoms with Crippen LogP contribution in [0.4, 0.5) is 0 Å². The molecule has 1 heteroatoms. The molecular weight excluding hydrogens is 182 g/mol. The van der Waals surface area contributed by atoms with Gasteiger partial charge < -0.3 is 5.73 Å². The van der Waals surface area contributed by atoms with Gasteiger partial charge in [-0.3, -0.25) is 0 Å². The third-order valence-electron chi connectivity index (χ3n) is 4.16. The second-order valence-electron chi connectivity index (χ2n) is 5.45. The Bertz CT molecular complexity index is 359. The van der Waals surface area contributed by atoms with E-state index >= 15 is 0 Å². The highest BCUT2D eigenvalue weighted by molar-refractivity contribution is 5.43. The largest absolute Gasteiger partial charge is 0.330 e. The van der Waals surface area contributed by atoms with Crippen molar-refractivity contribution in [2.75, 3.05) is 6.54 Å². The Morgan fingerprint density at radius 1 is 1.20 bits per heavy atom. The van der Waals surface area contributed by atoms with E-state index in [1.165, 1.54) is 16.7 Å². The number of nitrogens with two attached hydrogens (primary N) is 1. The molecular formula is C14H21N. The molecule has 0 radical (unpaired) electrons. The summed E-state index contributed by atoms with van der Waals surface area (Å²) in [5.74, 6) is 1.33. The summed E-state index contributed by atoms with van der Waals surface area (Å²) in [5.41, 5.74) is 10.6. The minimum absolute atomic E-state index is 0.394. The molecule has 1 aliphatic carbocycles. The molecule has 0 spiro atoms. The van der Waals surface area contributed by atoms with Crippen molar-refractivity contribution in [2.45, 2.75) is 33.6 Å². The van der Waals surface area contributed by atoms with Crippen molar-refractivity contribution in [2.24, 2.45) is 17.1 Å². The maximum absolute atomic E-state index is 5.84. The van der Waals surface area contributed by atoms with Crippen molar-refractivity contribution in [1.29, 1.82) is 0 Å². The van der Waals surface area contributed by atoms with Crippen LogP contribution in [-0.2, 0) is 0 Å². The lowest BCUT2D eigenvalue weighted by molar-refractivity contribution is 0.558. The van der Waals surface area contributed by atoms with Crippen LogP contribution in [0.2, 0.25) is 0 Å². The van der Waals surface area contributed by atoms with Crippen LogP contribution in [0.15, 0.2) is 18.2 Å². The first-order valence-electron chi connectivity index (χ1n) is 5.76. The molecule has 0 aliphatic heterocycles. The van der Waals surface area contributed by atoms with Gasteiger partial charge in [0.2, 0.25) is 0 Å². The van der Waals surface area contributed by atoms with E-state index in [2.05, 4.69) is 45.9 Å². The van der Waals surface area contributed by atoms with Gasteiger partial charge in [-0.25, -0.2) is 0 Å². The van der Waals surface area contributed by atoms with Gasteiger partial charge in [-0.2, -0.15) is 0 Å². The Balaban J connectivity index is 2.41. The maximum Gasteiger partial charge on any atom is -0.00375 e. The second-order valence-corrected chi connectivity index (χ2v) is 5.45. The van der Waals surface area contributed by atoms with Crippen molar-refractivity contribution in [3.05, 3.63) is 34.9 Å². The Morgan fingerprint density at radius 2 is 1.73 bits per heavy atom. The summed E-state index contributed by atoms with van der Waals surface area (Å²) in [6.45, 7) is 9.90. The fourth-order valence-corrected chi connectivity index (χ4v) is 3.08. The van der Waals surface area contributed by atoms with Gasteiger partial charge in [-0.1, -0.05) is 32.0 Å². The van der Waals surface area contributed by atoms with Crippen LogP contribution in [0.25, 0.3) is 0 Å². The molecule has 82 valence electrons. The van der Waals surface area contributed by atoms with Crippen LogP contribution in [0.1, 0.15) is 36.5 Å². The highest BCUT2D eigenvalue weighted by atomic mass is 14.7. The smallest absolute Gasteiger partial charge is 0.00375 e. The molecule has 1 saturated carbocycles. The van der Waals surface area contributed by atoms with Gasteiger partial charge >= 0.3 is 0 Å². The standard InChI is InChI=1S/C14H21N/c1-9-6-5-7-10(2)12(9)13-11(8-15)14(13,3)4/h5-7,11,13H,8,15H2,1-4H3. The minimum atomic E-state index is 0.394. The van der Waals surface area contributed by atoms with Crippen molar-refractivity contribution in [3.63, 3.8) is 0 Å². The van der Waals surface area contributed by atoms with E-state index in [9.17, 15) is 0 Å². The third-order valence-corrected chi connectivity index (χ3v) is 4.16. The van der Waals surface area contributed by atoms with Crippen LogP contribution in [0.3, 0.4) is 0 Å². The van der Waals surface area contributed by atoms with Crippen molar-refractivity contribution in [1.82, 2.24) is 0 Å². The Labute approximate surface area is 92.7 Å². The number of hydrogen-bond acceptors (Lipinski definition) is 1. The minimum Gasteiger partial charge on any atom is -0.330 e. The maximum atomic E-state index is 5.84. The van der Waals surface area contributed by atoms with Crippen LogP contribution in [0, 0.1) is 25.2 Å². The molecule has 0 heterocycles. The molecule has 0 bridgehead atoms. The highest BCUT2D eigenvalue weighted by Crippen LogP contribution is 2.64.